The van der Waals surface area contributed by atoms with Crippen LogP contribution in [0, 0.1) is 0 Å². The lowest BCUT2D eigenvalue weighted by atomic mass is 10.2. The Morgan fingerprint density at radius 2 is 2.24 bits per heavy atom. The van der Waals surface area contributed by atoms with Crippen molar-refractivity contribution in [2.75, 3.05) is 32.4 Å². The normalized spacial score (nSPS) is 10.6. The molecule has 0 aliphatic heterocycles. The first-order valence-electron chi connectivity index (χ1n) is 5.57. The van der Waals surface area contributed by atoms with Crippen molar-refractivity contribution in [2.45, 2.75) is 6.92 Å². The number of carbonyl (C=O) groups excluding carboxylic acids is 1. The molecule has 1 amide bonds. The Balaban J connectivity index is 2.56. The number of nitrogens with two attached hydrogens (primary N) is 1. The van der Waals surface area contributed by atoms with Crippen LogP contribution in [0.15, 0.2) is 22.7 Å². The van der Waals surface area contributed by atoms with E-state index in [-0.39, 0.29) is 5.91 Å². The maximum absolute atomic E-state index is 11.9. The molecule has 0 radical (unpaired) electrons. The summed E-state index contributed by atoms with van der Waals surface area (Å²) in [6.07, 6.45) is 0. The topological polar surface area (TPSA) is 58.4 Å². The molecule has 0 unspecified atom stereocenters. The minimum absolute atomic E-state index is 0.103. The van der Waals surface area contributed by atoms with E-state index in [9.17, 15) is 4.79 Å². The van der Waals surface area contributed by atoms with E-state index in [2.05, 4.69) is 33.1 Å². The fourth-order valence-corrected chi connectivity index (χ4v) is 1.78. The molecule has 5 heteroatoms. The van der Waals surface area contributed by atoms with Crippen LogP contribution in [0.25, 0.3) is 0 Å². The third kappa shape index (κ3) is 4.02. The summed E-state index contributed by atoms with van der Waals surface area (Å²) in [6.45, 7) is 4.51. The molecule has 0 heterocycles. The van der Waals surface area contributed by atoms with Gasteiger partial charge in [0.2, 0.25) is 0 Å². The van der Waals surface area contributed by atoms with Gasteiger partial charge in [0.25, 0.3) is 5.91 Å². The smallest absolute Gasteiger partial charge is 0.252 e. The van der Waals surface area contributed by atoms with Gasteiger partial charge >= 0.3 is 0 Å². The van der Waals surface area contributed by atoms with E-state index in [4.69, 9.17) is 5.73 Å². The first-order valence-corrected chi connectivity index (χ1v) is 6.36. The number of rotatable bonds is 5. The van der Waals surface area contributed by atoms with Crippen LogP contribution in [0.5, 0.6) is 0 Å². The molecule has 94 valence electrons. The molecule has 1 aromatic rings. The van der Waals surface area contributed by atoms with Gasteiger partial charge in [0, 0.05) is 18.8 Å². The van der Waals surface area contributed by atoms with Crippen molar-refractivity contribution in [3.05, 3.63) is 28.2 Å². The third-order valence-electron chi connectivity index (χ3n) is 2.59. The van der Waals surface area contributed by atoms with Gasteiger partial charge in [-0.1, -0.05) is 13.0 Å². The number of amides is 1. The zero-order valence-corrected chi connectivity index (χ0v) is 11.8. The van der Waals surface area contributed by atoms with Crippen LogP contribution in [0.2, 0.25) is 0 Å². The number of nitrogens with zero attached hydrogens (tertiary/aromatic N) is 1. The molecule has 17 heavy (non-hydrogen) atoms. The molecular formula is C12H18BrN3O. The number of nitrogen functional groups attached to an aromatic ring is 1. The second-order valence-corrected chi connectivity index (χ2v) is 4.65. The van der Waals surface area contributed by atoms with Crippen molar-refractivity contribution in [3.8, 4) is 0 Å². The molecule has 4 nitrogen and oxygen atoms in total. The summed E-state index contributed by atoms with van der Waals surface area (Å²) < 4.78 is 0.654. The number of benzene rings is 1. The van der Waals surface area contributed by atoms with Crippen LogP contribution >= 0.6 is 15.9 Å². The summed E-state index contributed by atoms with van der Waals surface area (Å²) in [5.74, 6) is -0.103. The molecule has 0 saturated carbocycles. The van der Waals surface area contributed by atoms with Crippen LogP contribution in [0.3, 0.4) is 0 Å². The SMILES string of the molecule is CCN(C)CCNC(=O)c1cccc(N)c1Br. The first kappa shape index (κ1) is 14.0. The van der Waals surface area contributed by atoms with Gasteiger partial charge in [0.15, 0.2) is 0 Å². The number of halogens is 1. The van der Waals surface area contributed by atoms with Gasteiger partial charge in [-0.2, -0.15) is 0 Å². The summed E-state index contributed by atoms with van der Waals surface area (Å²) >= 11 is 3.32. The Hall–Kier alpha value is -1.07. The Labute approximate surface area is 110 Å². The van der Waals surface area contributed by atoms with Crippen LogP contribution in [0.4, 0.5) is 5.69 Å². The molecule has 0 aromatic heterocycles. The van der Waals surface area contributed by atoms with E-state index in [0.717, 1.165) is 13.1 Å². The van der Waals surface area contributed by atoms with Crippen molar-refractivity contribution < 1.29 is 4.79 Å². The van der Waals surface area contributed by atoms with E-state index < -0.39 is 0 Å². The number of likely N-dealkylation sites (N-methyl/N-ethyl adjacent to an activating group) is 1. The molecular weight excluding hydrogens is 282 g/mol. The molecule has 1 aromatic carbocycles. The van der Waals surface area contributed by atoms with Gasteiger partial charge in [-0.3, -0.25) is 4.79 Å². The van der Waals surface area contributed by atoms with Gasteiger partial charge in [-0.25, -0.2) is 0 Å². The van der Waals surface area contributed by atoms with Crippen molar-refractivity contribution in [1.29, 1.82) is 0 Å². The minimum atomic E-state index is -0.103. The lowest BCUT2D eigenvalue weighted by Gasteiger charge is -2.14. The lowest BCUT2D eigenvalue weighted by molar-refractivity contribution is 0.0949. The standard InChI is InChI=1S/C12H18BrN3O/c1-3-16(2)8-7-15-12(17)9-5-4-6-10(14)11(9)13/h4-6H,3,7-8,14H2,1-2H3,(H,15,17). The predicted molar refractivity (Wildman–Crippen MR) is 74.1 cm³/mol. The van der Waals surface area contributed by atoms with Gasteiger partial charge < -0.3 is 16.0 Å². The quantitative estimate of drug-likeness (QED) is 0.814. The van der Waals surface area contributed by atoms with Gasteiger partial charge in [-0.15, -0.1) is 0 Å². The summed E-state index contributed by atoms with van der Waals surface area (Å²) in [7, 11) is 2.02. The molecule has 1 rings (SSSR count). The maximum atomic E-state index is 11.9. The third-order valence-corrected chi connectivity index (χ3v) is 3.48. The zero-order valence-electron chi connectivity index (χ0n) is 10.2. The summed E-state index contributed by atoms with van der Waals surface area (Å²) in [5.41, 5.74) is 6.87. The second kappa shape index (κ2) is 6.61. The summed E-state index contributed by atoms with van der Waals surface area (Å²) in [6, 6.07) is 5.28. The average Bonchev–Trinajstić information content (AvgIpc) is 2.32. The fourth-order valence-electron chi connectivity index (χ4n) is 1.34. The van der Waals surface area contributed by atoms with Crippen LogP contribution in [0.1, 0.15) is 17.3 Å². The van der Waals surface area contributed by atoms with E-state index in [1.807, 2.05) is 7.05 Å². The number of carbonyl (C=O) groups is 1. The molecule has 0 spiro atoms. The number of anilines is 1. The number of nitrogens with one attached hydrogen (secondary N) is 1. The summed E-state index contributed by atoms with van der Waals surface area (Å²) in [4.78, 5) is 14.0. The molecule has 0 aliphatic rings. The molecule has 3 N–H and O–H groups in total. The van der Waals surface area contributed by atoms with Crippen molar-refractivity contribution in [3.63, 3.8) is 0 Å². The van der Waals surface area contributed by atoms with E-state index >= 15 is 0 Å². The lowest BCUT2D eigenvalue weighted by Crippen LogP contribution is -2.33. The van der Waals surface area contributed by atoms with Gasteiger partial charge in [0.05, 0.1) is 10.0 Å². The highest BCUT2D eigenvalue weighted by molar-refractivity contribution is 9.10. The van der Waals surface area contributed by atoms with E-state index in [1.54, 1.807) is 18.2 Å². The first-order chi connectivity index (χ1) is 8.06. The molecule has 0 bridgehead atoms. The molecule has 0 saturated heterocycles. The van der Waals surface area contributed by atoms with Crippen molar-refractivity contribution in [2.24, 2.45) is 0 Å². The zero-order chi connectivity index (χ0) is 12.8. The molecule has 0 atom stereocenters. The molecule has 0 fully saturated rings. The Kier molecular flexibility index (Phi) is 5.44. The maximum Gasteiger partial charge on any atom is 0.252 e. The van der Waals surface area contributed by atoms with Crippen molar-refractivity contribution >= 4 is 27.5 Å². The number of hydrogen-bond donors (Lipinski definition) is 2. The summed E-state index contributed by atoms with van der Waals surface area (Å²) in [5, 5.41) is 2.87. The highest BCUT2D eigenvalue weighted by atomic mass is 79.9. The van der Waals surface area contributed by atoms with Crippen LogP contribution in [-0.4, -0.2) is 37.5 Å². The highest BCUT2D eigenvalue weighted by Crippen LogP contribution is 2.23. The van der Waals surface area contributed by atoms with E-state index in [0.29, 0.717) is 22.3 Å². The highest BCUT2D eigenvalue weighted by Gasteiger charge is 2.10. The monoisotopic (exact) mass is 299 g/mol. The number of hydrogen-bond acceptors (Lipinski definition) is 3. The Bertz CT molecular complexity index is 395. The van der Waals surface area contributed by atoms with Crippen LogP contribution < -0.4 is 11.1 Å². The van der Waals surface area contributed by atoms with Gasteiger partial charge in [0.1, 0.15) is 0 Å². The second-order valence-electron chi connectivity index (χ2n) is 3.86. The predicted octanol–water partition coefficient (Wildman–Crippen LogP) is 1.71. The Morgan fingerprint density at radius 1 is 1.53 bits per heavy atom. The fraction of sp³-hybridized carbons (Fsp3) is 0.417. The van der Waals surface area contributed by atoms with Gasteiger partial charge in [-0.05, 0) is 41.7 Å². The molecule has 0 aliphatic carbocycles. The van der Waals surface area contributed by atoms with Crippen molar-refractivity contribution in [1.82, 2.24) is 10.2 Å². The Morgan fingerprint density at radius 3 is 2.88 bits per heavy atom. The van der Waals surface area contributed by atoms with Crippen LogP contribution in [-0.2, 0) is 0 Å². The minimum Gasteiger partial charge on any atom is -0.398 e. The average molecular weight is 300 g/mol. The largest absolute Gasteiger partial charge is 0.398 e. The van der Waals surface area contributed by atoms with E-state index in [1.165, 1.54) is 0 Å².